The zero-order valence-electron chi connectivity index (χ0n) is 26.1. The van der Waals surface area contributed by atoms with Crippen LogP contribution in [0, 0.1) is 0 Å². The van der Waals surface area contributed by atoms with E-state index in [2.05, 4.69) is 169 Å². The van der Waals surface area contributed by atoms with Gasteiger partial charge in [0.05, 0.1) is 5.69 Å². The molecular weight excluding hydrogens is 569 g/mol. The minimum absolute atomic E-state index is 0.974. The first-order valence-electron chi connectivity index (χ1n) is 15.8. The van der Waals surface area contributed by atoms with Gasteiger partial charge in [0, 0.05) is 28.8 Å². The smallest absolute Gasteiger partial charge is 0.0702 e. The van der Waals surface area contributed by atoms with Gasteiger partial charge in [0.15, 0.2) is 0 Å². The van der Waals surface area contributed by atoms with Crippen LogP contribution in [0.15, 0.2) is 183 Å². The zero-order valence-corrected chi connectivity index (χ0v) is 26.1. The van der Waals surface area contributed by atoms with Gasteiger partial charge in [0.1, 0.15) is 0 Å². The molecule has 0 N–H and O–H groups in total. The van der Waals surface area contributed by atoms with E-state index < -0.39 is 0 Å². The molecule has 6 aromatic carbocycles. The number of pyridine rings is 1. The molecule has 0 unspecified atom stereocenters. The molecule has 7 aromatic rings. The van der Waals surface area contributed by atoms with Crippen LogP contribution in [-0.4, -0.2) is 4.98 Å². The summed E-state index contributed by atoms with van der Waals surface area (Å²) in [7, 11) is 0. The van der Waals surface area contributed by atoms with Gasteiger partial charge in [-0.15, -0.1) is 0 Å². The maximum atomic E-state index is 4.54. The first-order valence-corrected chi connectivity index (χ1v) is 15.8. The SMILES string of the molecule is C=Cc1ccc(N(c2ccc(C=C)cc2)c2cccc(-c3cccc(-c4cccc(-c5cccc(-c6ccccn6)c5)c4)c3)c2)cc1. The average Bonchev–Trinajstić information content (AvgIpc) is 3.16. The highest BCUT2D eigenvalue weighted by molar-refractivity contribution is 5.83. The Hall–Kier alpha value is -6.25. The molecule has 7 rings (SSSR count). The lowest BCUT2D eigenvalue weighted by Crippen LogP contribution is -2.10. The first-order chi connectivity index (χ1) is 23.2. The maximum Gasteiger partial charge on any atom is 0.0702 e. The van der Waals surface area contributed by atoms with Crippen LogP contribution < -0.4 is 4.90 Å². The van der Waals surface area contributed by atoms with Crippen molar-refractivity contribution < 1.29 is 0 Å². The lowest BCUT2D eigenvalue weighted by atomic mass is 9.95. The van der Waals surface area contributed by atoms with Gasteiger partial charge < -0.3 is 4.90 Å². The Bertz CT molecular complexity index is 2110. The van der Waals surface area contributed by atoms with Crippen molar-refractivity contribution in [1.82, 2.24) is 4.98 Å². The molecule has 0 bridgehead atoms. The van der Waals surface area contributed by atoms with E-state index in [4.69, 9.17) is 0 Å². The molecule has 0 atom stereocenters. The van der Waals surface area contributed by atoms with E-state index in [9.17, 15) is 0 Å². The molecule has 0 spiro atoms. The summed E-state index contributed by atoms with van der Waals surface area (Å²) in [6.07, 6.45) is 5.58. The van der Waals surface area contributed by atoms with E-state index in [1.807, 2.05) is 36.5 Å². The van der Waals surface area contributed by atoms with Gasteiger partial charge >= 0.3 is 0 Å². The number of rotatable bonds is 9. The molecule has 0 radical (unpaired) electrons. The fourth-order valence-electron chi connectivity index (χ4n) is 5.94. The topological polar surface area (TPSA) is 16.1 Å². The second-order valence-electron chi connectivity index (χ2n) is 11.4. The molecule has 0 aliphatic heterocycles. The molecule has 1 heterocycles. The standard InChI is InChI=1S/C45H34N2/c1-3-33-20-24-42(25-21-33)47(43-26-22-34(4-2)23-27-43)44-18-10-16-40(32-44)38-14-8-12-36(30-38)35-11-7-13-37(29-35)39-15-9-17-41(31-39)45-19-5-6-28-46-45/h3-32H,1-2H2. The van der Waals surface area contributed by atoms with Crippen LogP contribution in [0.2, 0.25) is 0 Å². The molecule has 2 nitrogen and oxygen atoms in total. The average molecular weight is 603 g/mol. The number of hydrogen-bond acceptors (Lipinski definition) is 2. The summed E-state index contributed by atoms with van der Waals surface area (Å²) in [5.74, 6) is 0. The van der Waals surface area contributed by atoms with Gasteiger partial charge in [0.2, 0.25) is 0 Å². The van der Waals surface area contributed by atoms with E-state index in [1.165, 1.54) is 22.3 Å². The van der Waals surface area contributed by atoms with Crippen molar-refractivity contribution >= 4 is 29.2 Å². The van der Waals surface area contributed by atoms with E-state index in [-0.39, 0.29) is 0 Å². The van der Waals surface area contributed by atoms with Gasteiger partial charge in [-0.2, -0.15) is 0 Å². The van der Waals surface area contributed by atoms with Gasteiger partial charge in [-0.25, -0.2) is 0 Å². The number of hydrogen-bond donors (Lipinski definition) is 0. The van der Waals surface area contributed by atoms with E-state index >= 15 is 0 Å². The highest BCUT2D eigenvalue weighted by atomic mass is 15.1. The lowest BCUT2D eigenvalue weighted by molar-refractivity contribution is 1.28. The van der Waals surface area contributed by atoms with Crippen LogP contribution in [0.3, 0.4) is 0 Å². The zero-order chi connectivity index (χ0) is 32.0. The maximum absolute atomic E-state index is 4.54. The molecule has 0 aliphatic carbocycles. The van der Waals surface area contributed by atoms with Crippen LogP contribution in [0.25, 0.3) is 56.8 Å². The molecule has 0 saturated heterocycles. The lowest BCUT2D eigenvalue weighted by Gasteiger charge is -2.26. The minimum Gasteiger partial charge on any atom is -0.310 e. The predicted molar refractivity (Wildman–Crippen MR) is 201 cm³/mol. The monoisotopic (exact) mass is 602 g/mol. The summed E-state index contributed by atoms with van der Waals surface area (Å²) in [4.78, 5) is 6.83. The predicted octanol–water partition coefficient (Wildman–Crippen LogP) is 12.5. The number of nitrogens with zero attached hydrogens (tertiary/aromatic N) is 2. The molecule has 224 valence electrons. The molecule has 0 fully saturated rings. The molecule has 1 aromatic heterocycles. The number of aromatic nitrogens is 1. The molecule has 0 amide bonds. The quantitative estimate of drug-likeness (QED) is 0.163. The van der Waals surface area contributed by atoms with Crippen molar-refractivity contribution in [3.05, 3.63) is 194 Å². The summed E-state index contributed by atoms with van der Waals surface area (Å²) in [5.41, 5.74) is 14.5. The molecule has 0 saturated carbocycles. The van der Waals surface area contributed by atoms with Crippen molar-refractivity contribution in [3.8, 4) is 44.6 Å². The molecule has 2 heteroatoms. The Morgan fingerprint density at radius 2 is 0.809 bits per heavy atom. The number of anilines is 3. The van der Waals surface area contributed by atoms with Crippen molar-refractivity contribution in [1.29, 1.82) is 0 Å². The molecule has 47 heavy (non-hydrogen) atoms. The first kappa shape index (κ1) is 29.5. The third-order valence-corrected chi connectivity index (χ3v) is 8.43. The van der Waals surface area contributed by atoms with E-state index in [0.29, 0.717) is 0 Å². The van der Waals surface area contributed by atoms with E-state index in [0.717, 1.165) is 50.6 Å². The molecule has 0 aliphatic rings. The largest absolute Gasteiger partial charge is 0.310 e. The van der Waals surface area contributed by atoms with Crippen LogP contribution >= 0.6 is 0 Å². The molecular formula is C45H34N2. The summed E-state index contributed by atoms with van der Waals surface area (Å²) < 4.78 is 0. The number of benzene rings is 6. The summed E-state index contributed by atoms with van der Waals surface area (Å²) in [5, 5.41) is 0. The van der Waals surface area contributed by atoms with Gasteiger partial charge in [-0.1, -0.05) is 122 Å². The van der Waals surface area contributed by atoms with Crippen molar-refractivity contribution in [2.45, 2.75) is 0 Å². The normalized spacial score (nSPS) is 10.7. The highest BCUT2D eigenvalue weighted by Crippen LogP contribution is 2.38. The van der Waals surface area contributed by atoms with Crippen LogP contribution in [0.4, 0.5) is 17.1 Å². The second kappa shape index (κ2) is 13.4. The fourth-order valence-corrected chi connectivity index (χ4v) is 5.94. The van der Waals surface area contributed by atoms with Gasteiger partial charge in [-0.3, -0.25) is 4.98 Å². The van der Waals surface area contributed by atoms with E-state index in [1.54, 1.807) is 0 Å². The van der Waals surface area contributed by atoms with Crippen LogP contribution in [0.5, 0.6) is 0 Å². The van der Waals surface area contributed by atoms with Crippen molar-refractivity contribution in [2.24, 2.45) is 0 Å². The Morgan fingerprint density at radius 1 is 0.383 bits per heavy atom. The Balaban J connectivity index is 1.23. The van der Waals surface area contributed by atoms with Crippen molar-refractivity contribution in [3.63, 3.8) is 0 Å². The Morgan fingerprint density at radius 3 is 1.26 bits per heavy atom. The van der Waals surface area contributed by atoms with Crippen LogP contribution in [0.1, 0.15) is 11.1 Å². The second-order valence-corrected chi connectivity index (χ2v) is 11.4. The third-order valence-electron chi connectivity index (χ3n) is 8.43. The highest BCUT2D eigenvalue weighted by Gasteiger charge is 2.14. The Labute approximate surface area is 277 Å². The van der Waals surface area contributed by atoms with Crippen molar-refractivity contribution in [2.75, 3.05) is 4.90 Å². The summed E-state index contributed by atoms with van der Waals surface area (Å²) in [6.45, 7) is 7.85. The third kappa shape index (κ3) is 6.45. The summed E-state index contributed by atoms with van der Waals surface area (Å²) >= 11 is 0. The fraction of sp³-hybridized carbons (Fsp3) is 0. The van der Waals surface area contributed by atoms with Gasteiger partial charge in [-0.05, 0) is 111 Å². The summed E-state index contributed by atoms with van der Waals surface area (Å²) in [6, 6.07) is 57.9. The Kier molecular flexibility index (Phi) is 8.40. The van der Waals surface area contributed by atoms with Gasteiger partial charge in [0.25, 0.3) is 0 Å². The minimum atomic E-state index is 0.974. The van der Waals surface area contributed by atoms with Crippen LogP contribution in [-0.2, 0) is 0 Å².